The number of Topliss-reactive ketones (excluding diaryl/α,β-unsaturated/α-hetero) is 1. The van der Waals surface area contributed by atoms with Crippen LogP contribution in [0.5, 0.6) is 0 Å². The Balaban J connectivity index is 2.13. The molecule has 5 nitrogen and oxygen atoms in total. The van der Waals surface area contributed by atoms with Gasteiger partial charge >= 0.3 is 12.2 Å². The van der Waals surface area contributed by atoms with E-state index in [4.69, 9.17) is 0 Å². The molecule has 2 amide bonds. The van der Waals surface area contributed by atoms with Crippen LogP contribution in [0.2, 0.25) is 0 Å². The third kappa shape index (κ3) is 4.27. The van der Waals surface area contributed by atoms with Crippen LogP contribution in [0.3, 0.4) is 0 Å². The summed E-state index contributed by atoms with van der Waals surface area (Å²) >= 11 is 0. The smallest absolute Gasteiger partial charge is 0.363 e. The molecule has 1 saturated heterocycles. The van der Waals surface area contributed by atoms with Gasteiger partial charge in [0.1, 0.15) is 11.7 Å². The summed E-state index contributed by atoms with van der Waals surface area (Å²) in [4.78, 5) is 25.2. The second-order valence-corrected chi connectivity index (χ2v) is 8.56. The summed E-state index contributed by atoms with van der Waals surface area (Å²) in [6, 6.07) is 7.58. The summed E-state index contributed by atoms with van der Waals surface area (Å²) in [5.41, 5.74) is -3.18. The average molecular weight is 438 g/mol. The Morgan fingerprint density at radius 3 is 2.03 bits per heavy atom. The molecular weight excluding hydrogens is 416 g/mol. The van der Waals surface area contributed by atoms with Gasteiger partial charge in [-0.05, 0) is 40.8 Å². The fourth-order valence-electron chi connectivity index (χ4n) is 3.60. The number of ketones is 1. The summed E-state index contributed by atoms with van der Waals surface area (Å²) in [5, 5.41) is 14.3. The van der Waals surface area contributed by atoms with Crippen LogP contribution in [0.4, 0.5) is 22.4 Å². The average Bonchev–Trinajstić information content (AvgIpc) is 2.66. The van der Waals surface area contributed by atoms with E-state index in [-0.39, 0.29) is 16.5 Å². The van der Waals surface area contributed by atoms with Crippen molar-refractivity contribution in [3.05, 3.63) is 71.0 Å². The molecule has 0 radical (unpaired) electrons. The number of amides is 2. The highest BCUT2D eigenvalue weighted by atomic mass is 19.4. The van der Waals surface area contributed by atoms with Crippen LogP contribution in [0.25, 0.3) is 0 Å². The molecule has 3 atom stereocenters. The zero-order valence-corrected chi connectivity index (χ0v) is 17.0. The van der Waals surface area contributed by atoms with Crippen LogP contribution in [0.15, 0.2) is 48.5 Å². The second kappa shape index (κ2) is 7.64. The summed E-state index contributed by atoms with van der Waals surface area (Å²) in [5.74, 6) is -3.93. The lowest BCUT2D eigenvalue weighted by atomic mass is 9.76. The van der Waals surface area contributed by atoms with E-state index in [1.54, 1.807) is 12.1 Å². The molecular formula is C22H22F4N2O3. The topological polar surface area (TPSA) is 78.4 Å². The van der Waals surface area contributed by atoms with Crippen molar-refractivity contribution >= 4 is 11.8 Å². The number of nitrogens with one attached hydrogen (secondary N) is 2. The SMILES string of the molecule is CC(C)(C)c1ccc([C@@H]2NC(=O)N[C@](O)(C(F)(F)F)[C@@H]2C(=O)c2ccc(F)cc2)cc1. The van der Waals surface area contributed by atoms with Crippen LogP contribution in [-0.4, -0.2) is 28.8 Å². The number of halogens is 4. The zero-order valence-electron chi connectivity index (χ0n) is 17.0. The molecule has 166 valence electrons. The van der Waals surface area contributed by atoms with Gasteiger partial charge in [-0.2, -0.15) is 13.2 Å². The number of alkyl halides is 3. The lowest BCUT2D eigenvalue weighted by molar-refractivity contribution is -0.287. The monoisotopic (exact) mass is 438 g/mol. The highest BCUT2D eigenvalue weighted by Crippen LogP contribution is 2.44. The molecule has 0 aliphatic carbocycles. The van der Waals surface area contributed by atoms with Gasteiger partial charge in [0.15, 0.2) is 5.78 Å². The maximum atomic E-state index is 13.9. The lowest BCUT2D eigenvalue weighted by Gasteiger charge is -2.45. The maximum Gasteiger partial charge on any atom is 0.437 e. The van der Waals surface area contributed by atoms with Crippen molar-refractivity contribution in [1.29, 1.82) is 0 Å². The number of urea groups is 1. The predicted octanol–water partition coefficient (Wildman–Crippen LogP) is 4.23. The van der Waals surface area contributed by atoms with Gasteiger partial charge in [0, 0.05) is 5.56 Å². The molecule has 1 heterocycles. The molecule has 0 bridgehead atoms. The van der Waals surface area contributed by atoms with Gasteiger partial charge in [-0.25, -0.2) is 9.18 Å². The first-order chi connectivity index (χ1) is 14.2. The molecule has 9 heteroatoms. The number of aliphatic hydroxyl groups is 1. The van der Waals surface area contributed by atoms with Crippen LogP contribution < -0.4 is 10.6 Å². The molecule has 3 N–H and O–H groups in total. The third-order valence-corrected chi connectivity index (χ3v) is 5.35. The Bertz CT molecular complexity index is 982. The standard InChI is InChI=1S/C22H22F4N2O3/c1-20(2,3)14-8-4-12(5-9-14)17-16(18(29)13-6-10-15(23)11-7-13)21(31,22(24,25)26)28-19(30)27-17/h4-11,16-17,31H,1-3H3,(H2,27,28,30)/t16-,17-,21+/m0/s1. The summed E-state index contributed by atoms with van der Waals surface area (Å²) in [7, 11) is 0. The maximum absolute atomic E-state index is 13.9. The van der Waals surface area contributed by atoms with E-state index in [2.05, 4.69) is 5.32 Å². The summed E-state index contributed by atoms with van der Waals surface area (Å²) in [6.45, 7) is 5.87. The van der Waals surface area contributed by atoms with E-state index >= 15 is 0 Å². The quantitative estimate of drug-likeness (QED) is 0.496. The minimum atomic E-state index is -5.35. The number of carbonyl (C=O) groups is 2. The zero-order chi connectivity index (χ0) is 23.2. The van der Waals surface area contributed by atoms with E-state index < -0.39 is 41.5 Å². The molecule has 0 saturated carbocycles. The molecule has 1 aliphatic rings. The molecule has 0 unspecified atom stereocenters. The fourth-order valence-corrected chi connectivity index (χ4v) is 3.60. The molecule has 0 spiro atoms. The lowest BCUT2D eigenvalue weighted by Crippen LogP contribution is -2.72. The first kappa shape index (κ1) is 22.7. The number of hydrogen-bond donors (Lipinski definition) is 3. The van der Waals surface area contributed by atoms with Crippen molar-refractivity contribution in [3.8, 4) is 0 Å². The van der Waals surface area contributed by atoms with Gasteiger partial charge in [-0.3, -0.25) is 4.79 Å². The molecule has 3 rings (SSSR count). The van der Waals surface area contributed by atoms with Gasteiger partial charge < -0.3 is 15.7 Å². The van der Waals surface area contributed by atoms with Gasteiger partial charge in [-0.15, -0.1) is 0 Å². The molecule has 2 aromatic rings. The highest BCUT2D eigenvalue weighted by Gasteiger charge is 2.66. The first-order valence-corrected chi connectivity index (χ1v) is 9.52. The Hall–Kier alpha value is -2.94. The second-order valence-electron chi connectivity index (χ2n) is 8.56. The van der Waals surface area contributed by atoms with E-state index in [1.807, 2.05) is 20.8 Å². The van der Waals surface area contributed by atoms with Crippen molar-refractivity contribution in [3.63, 3.8) is 0 Å². The van der Waals surface area contributed by atoms with Crippen molar-refractivity contribution < 1.29 is 32.3 Å². The molecule has 31 heavy (non-hydrogen) atoms. The van der Waals surface area contributed by atoms with Gasteiger partial charge in [0.05, 0.1) is 6.04 Å². The highest BCUT2D eigenvalue weighted by molar-refractivity contribution is 6.00. The number of carbonyl (C=O) groups excluding carboxylic acids is 2. The van der Waals surface area contributed by atoms with Crippen LogP contribution in [-0.2, 0) is 5.41 Å². The van der Waals surface area contributed by atoms with E-state index in [9.17, 15) is 32.3 Å². The number of hydrogen-bond acceptors (Lipinski definition) is 3. The molecule has 2 aromatic carbocycles. The van der Waals surface area contributed by atoms with Crippen LogP contribution in [0.1, 0.15) is 48.3 Å². The van der Waals surface area contributed by atoms with E-state index in [0.29, 0.717) is 0 Å². The Labute approximate surface area is 176 Å². The molecule has 1 aliphatic heterocycles. The largest absolute Gasteiger partial charge is 0.437 e. The van der Waals surface area contributed by atoms with Crippen molar-refractivity contribution in [1.82, 2.24) is 10.6 Å². The van der Waals surface area contributed by atoms with Gasteiger partial charge in [0.2, 0.25) is 5.72 Å². The van der Waals surface area contributed by atoms with Gasteiger partial charge in [-0.1, -0.05) is 45.0 Å². The van der Waals surface area contributed by atoms with E-state index in [0.717, 1.165) is 29.8 Å². The minimum absolute atomic E-state index is 0.214. The summed E-state index contributed by atoms with van der Waals surface area (Å²) in [6.07, 6.45) is -5.35. The van der Waals surface area contributed by atoms with Crippen molar-refractivity contribution in [2.45, 2.75) is 44.1 Å². The third-order valence-electron chi connectivity index (χ3n) is 5.35. The number of benzene rings is 2. The van der Waals surface area contributed by atoms with Crippen molar-refractivity contribution in [2.75, 3.05) is 0 Å². The van der Waals surface area contributed by atoms with Crippen LogP contribution >= 0.6 is 0 Å². The predicted molar refractivity (Wildman–Crippen MR) is 105 cm³/mol. The molecule has 0 aromatic heterocycles. The van der Waals surface area contributed by atoms with Crippen molar-refractivity contribution in [2.24, 2.45) is 5.92 Å². The first-order valence-electron chi connectivity index (χ1n) is 9.52. The van der Waals surface area contributed by atoms with Crippen LogP contribution in [0, 0.1) is 11.7 Å². The Morgan fingerprint density at radius 2 is 1.55 bits per heavy atom. The summed E-state index contributed by atoms with van der Waals surface area (Å²) < 4.78 is 54.9. The normalized spacial score (nSPS) is 24.3. The van der Waals surface area contributed by atoms with E-state index in [1.165, 1.54) is 17.4 Å². The number of rotatable bonds is 3. The minimum Gasteiger partial charge on any atom is -0.363 e. The molecule has 1 fully saturated rings. The Morgan fingerprint density at radius 1 is 1.00 bits per heavy atom. The Kier molecular flexibility index (Phi) is 5.60. The van der Waals surface area contributed by atoms with Gasteiger partial charge in [0.25, 0.3) is 0 Å². The fraction of sp³-hybridized carbons (Fsp3) is 0.364.